The second kappa shape index (κ2) is 3.68. The Morgan fingerprint density at radius 3 is 2.60 bits per heavy atom. The van der Waals surface area contributed by atoms with Gasteiger partial charge in [-0.05, 0) is 0 Å². The molecule has 0 aromatic heterocycles. The number of thioether (sulfide) groups is 1. The highest BCUT2D eigenvalue weighted by molar-refractivity contribution is 8.14. The fourth-order valence-corrected chi connectivity index (χ4v) is 1.33. The van der Waals surface area contributed by atoms with Crippen LogP contribution in [0.25, 0.3) is 0 Å². The Kier molecular flexibility index (Phi) is 3.52. The maximum Gasteiger partial charge on any atom is 0.279 e. The number of primary amides is 1. The summed E-state index contributed by atoms with van der Waals surface area (Å²) in [5.74, 6) is 0.00194. The molecular weight excluding hydrogens is 176 g/mol. The summed E-state index contributed by atoms with van der Waals surface area (Å²) in [6, 6.07) is -0.456. The molecule has 58 valence electrons. The molecule has 10 heavy (non-hydrogen) atoms. The van der Waals surface area contributed by atoms with E-state index in [0.717, 1.165) is 11.8 Å². The van der Waals surface area contributed by atoms with Crippen LogP contribution in [0.1, 0.15) is 0 Å². The third-order valence-corrected chi connectivity index (χ3v) is 1.90. The largest absolute Gasteiger partial charge is 0.368 e. The van der Waals surface area contributed by atoms with E-state index in [1.807, 2.05) is 0 Å². The van der Waals surface area contributed by atoms with Crippen molar-refractivity contribution in [2.45, 2.75) is 6.04 Å². The Balaban J connectivity index is 0.000000810. The molecule has 1 heterocycles. The van der Waals surface area contributed by atoms with Gasteiger partial charge in [0.2, 0.25) is 5.91 Å². The van der Waals surface area contributed by atoms with Crippen molar-refractivity contribution in [3.8, 4) is 0 Å². The van der Waals surface area contributed by atoms with E-state index in [1.165, 1.54) is 0 Å². The Bertz CT molecular complexity index is 163. The molecule has 0 unspecified atom stereocenters. The lowest BCUT2D eigenvalue weighted by atomic mass is 10.3. The van der Waals surface area contributed by atoms with Crippen molar-refractivity contribution in [2.75, 3.05) is 5.75 Å². The number of hydrogen-bond acceptors (Lipinski definition) is 3. The molecule has 0 aliphatic carbocycles. The minimum Gasteiger partial charge on any atom is -0.368 e. The zero-order valence-electron chi connectivity index (χ0n) is 4.99. The molecule has 6 heteroatoms. The number of hydrogen-bond donors (Lipinski definition) is 2. The second-order valence-electron chi connectivity index (χ2n) is 1.70. The summed E-state index contributed by atoms with van der Waals surface area (Å²) in [6.07, 6.45) is 0. The van der Waals surface area contributed by atoms with Gasteiger partial charge in [-0.2, -0.15) is 0 Å². The lowest BCUT2D eigenvalue weighted by Crippen LogP contribution is -2.39. The van der Waals surface area contributed by atoms with Crippen molar-refractivity contribution in [3.63, 3.8) is 0 Å². The fourth-order valence-electron chi connectivity index (χ4n) is 0.538. The molecule has 0 radical (unpaired) electrons. The average Bonchev–Trinajstić information content (AvgIpc) is 2.14. The summed E-state index contributed by atoms with van der Waals surface area (Å²) < 4.78 is 0. The highest BCUT2D eigenvalue weighted by atomic mass is 35.5. The van der Waals surface area contributed by atoms with Gasteiger partial charge in [0.05, 0.1) is 0 Å². The summed E-state index contributed by atoms with van der Waals surface area (Å²) in [6.45, 7) is 0. The van der Waals surface area contributed by atoms with Gasteiger partial charge >= 0.3 is 0 Å². The molecule has 1 fully saturated rings. The SMILES string of the molecule is Cl.NC(=O)[C@@H]1CSC(=O)N1. The first kappa shape index (κ1) is 9.58. The van der Waals surface area contributed by atoms with Crippen LogP contribution in [0.5, 0.6) is 0 Å². The van der Waals surface area contributed by atoms with E-state index >= 15 is 0 Å². The van der Waals surface area contributed by atoms with Crippen LogP contribution >= 0.6 is 24.2 Å². The molecule has 1 aliphatic heterocycles. The van der Waals surface area contributed by atoms with E-state index in [-0.39, 0.29) is 17.6 Å². The van der Waals surface area contributed by atoms with Crippen LogP contribution in [0.15, 0.2) is 0 Å². The van der Waals surface area contributed by atoms with Crippen LogP contribution in [-0.4, -0.2) is 22.9 Å². The van der Waals surface area contributed by atoms with E-state index in [1.54, 1.807) is 0 Å². The second-order valence-corrected chi connectivity index (χ2v) is 2.69. The van der Waals surface area contributed by atoms with Crippen molar-refractivity contribution in [3.05, 3.63) is 0 Å². The quantitative estimate of drug-likeness (QED) is 0.586. The van der Waals surface area contributed by atoms with Gasteiger partial charge in [0.25, 0.3) is 5.24 Å². The third-order valence-electron chi connectivity index (χ3n) is 1.02. The zero-order chi connectivity index (χ0) is 6.85. The van der Waals surface area contributed by atoms with Crippen molar-refractivity contribution in [2.24, 2.45) is 5.73 Å². The first-order valence-corrected chi connectivity index (χ1v) is 3.41. The number of nitrogens with one attached hydrogen (secondary N) is 1. The van der Waals surface area contributed by atoms with Crippen LogP contribution in [0.4, 0.5) is 4.79 Å². The molecule has 4 nitrogen and oxygen atoms in total. The molecule has 1 atom stereocenters. The third kappa shape index (κ3) is 2.07. The lowest BCUT2D eigenvalue weighted by molar-refractivity contribution is -0.119. The van der Waals surface area contributed by atoms with Gasteiger partial charge in [-0.3, -0.25) is 9.59 Å². The van der Waals surface area contributed by atoms with Gasteiger partial charge in [-0.1, -0.05) is 11.8 Å². The maximum absolute atomic E-state index is 10.4. The molecule has 1 aliphatic rings. The molecule has 0 saturated carbocycles. The molecule has 0 aromatic rings. The highest BCUT2D eigenvalue weighted by Gasteiger charge is 2.25. The monoisotopic (exact) mass is 182 g/mol. The molecule has 3 N–H and O–H groups in total. The summed E-state index contributed by atoms with van der Waals surface area (Å²) in [4.78, 5) is 20.7. The van der Waals surface area contributed by atoms with Crippen molar-refractivity contribution >= 4 is 35.3 Å². The van der Waals surface area contributed by atoms with E-state index in [2.05, 4.69) is 5.32 Å². The van der Waals surface area contributed by atoms with Crippen LogP contribution in [0, 0.1) is 0 Å². The van der Waals surface area contributed by atoms with Gasteiger partial charge in [-0.15, -0.1) is 12.4 Å². The van der Waals surface area contributed by atoms with Gasteiger partial charge in [0, 0.05) is 5.75 Å². The van der Waals surface area contributed by atoms with E-state index in [0.29, 0.717) is 5.75 Å². The van der Waals surface area contributed by atoms with Gasteiger partial charge in [-0.25, -0.2) is 0 Å². The molecule has 2 amide bonds. The van der Waals surface area contributed by atoms with Crippen LogP contribution in [0.2, 0.25) is 0 Å². The van der Waals surface area contributed by atoms with Gasteiger partial charge in [0.15, 0.2) is 0 Å². The molecular formula is C4H7ClN2O2S. The fraction of sp³-hybridized carbons (Fsp3) is 0.500. The Morgan fingerprint density at radius 2 is 2.40 bits per heavy atom. The molecule has 0 spiro atoms. The number of carbonyl (C=O) groups is 2. The van der Waals surface area contributed by atoms with Crippen molar-refractivity contribution in [1.29, 1.82) is 0 Å². The van der Waals surface area contributed by atoms with Crippen molar-refractivity contribution in [1.82, 2.24) is 5.32 Å². The first-order chi connectivity index (χ1) is 4.20. The predicted molar refractivity (Wildman–Crippen MR) is 41.2 cm³/mol. The number of carbonyl (C=O) groups excluding carboxylic acids is 2. The first-order valence-electron chi connectivity index (χ1n) is 2.43. The number of rotatable bonds is 1. The molecule has 1 saturated heterocycles. The van der Waals surface area contributed by atoms with Crippen LogP contribution in [0.3, 0.4) is 0 Å². The van der Waals surface area contributed by atoms with Crippen LogP contribution in [-0.2, 0) is 4.79 Å². The lowest BCUT2D eigenvalue weighted by Gasteiger charge is -1.99. The number of nitrogens with two attached hydrogens (primary N) is 1. The molecule has 0 bridgehead atoms. The van der Waals surface area contributed by atoms with E-state index < -0.39 is 11.9 Å². The van der Waals surface area contributed by atoms with Crippen LogP contribution < -0.4 is 11.1 Å². The standard InChI is InChI=1S/C4H6N2O2S.ClH/c5-3(7)2-1-9-4(8)6-2;/h2H,1H2,(H2,5,7)(H,6,8);1H/t2-;/m0./s1. The predicted octanol–water partition coefficient (Wildman–Crippen LogP) is -0.282. The number of halogens is 1. The molecule has 1 rings (SSSR count). The normalized spacial score (nSPS) is 23.2. The Morgan fingerprint density at radius 1 is 1.80 bits per heavy atom. The maximum atomic E-state index is 10.4. The summed E-state index contributed by atoms with van der Waals surface area (Å²) in [5, 5.41) is 2.24. The minimum atomic E-state index is -0.464. The average molecular weight is 183 g/mol. The van der Waals surface area contributed by atoms with Crippen molar-refractivity contribution < 1.29 is 9.59 Å². The Labute approximate surface area is 68.3 Å². The minimum absolute atomic E-state index is 0. The topological polar surface area (TPSA) is 72.2 Å². The zero-order valence-corrected chi connectivity index (χ0v) is 6.63. The molecule has 0 aromatic carbocycles. The van der Waals surface area contributed by atoms with E-state index in [4.69, 9.17) is 5.73 Å². The smallest absolute Gasteiger partial charge is 0.279 e. The van der Waals surface area contributed by atoms with E-state index in [9.17, 15) is 9.59 Å². The highest BCUT2D eigenvalue weighted by Crippen LogP contribution is 2.11. The summed E-state index contributed by atoms with van der Waals surface area (Å²) in [5.41, 5.74) is 4.89. The Hall–Kier alpha value is -0.420. The summed E-state index contributed by atoms with van der Waals surface area (Å²) >= 11 is 1.08. The number of amides is 2. The van der Waals surface area contributed by atoms with Gasteiger partial charge in [0.1, 0.15) is 6.04 Å². The van der Waals surface area contributed by atoms with Gasteiger partial charge < -0.3 is 11.1 Å². The summed E-state index contributed by atoms with van der Waals surface area (Å²) in [7, 11) is 0.